The molecule has 2 heterocycles. The van der Waals surface area contributed by atoms with Crippen molar-refractivity contribution >= 4 is 17.4 Å². The molecule has 4 rings (SSSR count). The van der Waals surface area contributed by atoms with Crippen molar-refractivity contribution in [2.45, 2.75) is 25.1 Å². The standard InChI is InChI=1S/C22H20F3N5O/c23-22(24,25)17-4-2-1-3-13(17)8-16(26)10-28-20-12-27-11-19(29-20)14-5-6-18-15(7-14)9-21(31)30-18/h1-7,11-12,16H,8-10,26H2,(H,28,29)(H,30,31)/t16-/m1/s1. The number of nitrogens with zero attached hydrogens (tertiary/aromatic N) is 2. The molecule has 0 fully saturated rings. The van der Waals surface area contributed by atoms with Gasteiger partial charge in [-0.2, -0.15) is 13.2 Å². The molecule has 160 valence electrons. The predicted octanol–water partition coefficient (Wildman–Crippen LogP) is 3.64. The number of fused-ring (bicyclic) bond motifs is 1. The molecular formula is C22H20F3N5O. The Hall–Kier alpha value is -3.46. The minimum Gasteiger partial charge on any atom is -0.367 e. The van der Waals surface area contributed by atoms with E-state index in [1.165, 1.54) is 18.3 Å². The van der Waals surface area contributed by atoms with Gasteiger partial charge in [0.2, 0.25) is 5.91 Å². The van der Waals surface area contributed by atoms with E-state index >= 15 is 0 Å². The Morgan fingerprint density at radius 3 is 2.77 bits per heavy atom. The Balaban J connectivity index is 1.42. The van der Waals surface area contributed by atoms with Gasteiger partial charge in [0.25, 0.3) is 0 Å². The van der Waals surface area contributed by atoms with Crippen molar-refractivity contribution in [3.8, 4) is 11.3 Å². The Kier molecular flexibility index (Phi) is 5.60. The third-order valence-corrected chi connectivity index (χ3v) is 5.01. The molecule has 6 nitrogen and oxygen atoms in total. The van der Waals surface area contributed by atoms with Gasteiger partial charge in [0, 0.05) is 23.8 Å². The highest BCUT2D eigenvalue weighted by Crippen LogP contribution is 2.32. The molecule has 1 atom stereocenters. The maximum Gasteiger partial charge on any atom is 0.416 e. The Bertz CT molecular complexity index is 1120. The number of nitrogens with one attached hydrogen (secondary N) is 2. The highest BCUT2D eigenvalue weighted by molar-refractivity contribution is 5.99. The number of amides is 1. The fourth-order valence-electron chi connectivity index (χ4n) is 3.54. The van der Waals surface area contributed by atoms with E-state index in [0.717, 1.165) is 22.9 Å². The molecule has 4 N–H and O–H groups in total. The molecule has 9 heteroatoms. The second-order valence-corrected chi connectivity index (χ2v) is 7.39. The van der Waals surface area contributed by atoms with Gasteiger partial charge in [-0.25, -0.2) is 4.98 Å². The lowest BCUT2D eigenvalue weighted by Crippen LogP contribution is -2.32. The molecule has 31 heavy (non-hydrogen) atoms. The third kappa shape index (κ3) is 4.83. The number of halogens is 3. The largest absolute Gasteiger partial charge is 0.416 e. The van der Waals surface area contributed by atoms with Gasteiger partial charge in [0.05, 0.1) is 30.1 Å². The normalized spacial score (nSPS) is 14.1. The average Bonchev–Trinajstić information content (AvgIpc) is 3.11. The van der Waals surface area contributed by atoms with Gasteiger partial charge in [0.15, 0.2) is 0 Å². The number of anilines is 2. The van der Waals surface area contributed by atoms with E-state index in [0.29, 0.717) is 17.9 Å². The first kappa shape index (κ1) is 20.8. The summed E-state index contributed by atoms with van der Waals surface area (Å²) in [5, 5.41) is 5.83. The van der Waals surface area contributed by atoms with E-state index in [-0.39, 0.29) is 24.4 Å². The molecule has 0 saturated heterocycles. The predicted molar refractivity (Wildman–Crippen MR) is 111 cm³/mol. The SMILES string of the molecule is N[C@@H](CNc1cncc(-c2ccc3c(c2)CC(=O)N3)n1)Cc1ccccc1C(F)(F)F. The first-order valence-corrected chi connectivity index (χ1v) is 9.69. The average molecular weight is 427 g/mol. The van der Waals surface area contributed by atoms with Crippen molar-refractivity contribution in [3.05, 3.63) is 71.5 Å². The number of nitrogens with two attached hydrogens (primary N) is 1. The Labute approximate surface area is 176 Å². The molecule has 0 unspecified atom stereocenters. The van der Waals surface area contributed by atoms with Crippen LogP contribution in [0.15, 0.2) is 54.9 Å². The summed E-state index contributed by atoms with van der Waals surface area (Å²) < 4.78 is 39.5. The van der Waals surface area contributed by atoms with Crippen LogP contribution in [0.4, 0.5) is 24.7 Å². The van der Waals surface area contributed by atoms with Crippen molar-refractivity contribution in [3.63, 3.8) is 0 Å². The van der Waals surface area contributed by atoms with Gasteiger partial charge >= 0.3 is 6.18 Å². The second-order valence-electron chi connectivity index (χ2n) is 7.39. The number of carbonyl (C=O) groups excluding carboxylic acids is 1. The number of carbonyl (C=O) groups is 1. The number of hydrogen-bond acceptors (Lipinski definition) is 5. The fraction of sp³-hybridized carbons (Fsp3) is 0.227. The molecule has 0 saturated carbocycles. The molecule has 3 aromatic rings. The van der Waals surface area contributed by atoms with Crippen LogP contribution < -0.4 is 16.4 Å². The zero-order valence-corrected chi connectivity index (χ0v) is 16.4. The minimum atomic E-state index is -4.42. The molecule has 1 aliphatic heterocycles. The summed E-state index contributed by atoms with van der Waals surface area (Å²) in [6, 6.07) is 10.4. The molecule has 0 bridgehead atoms. The van der Waals surface area contributed by atoms with Gasteiger partial charge in [-0.3, -0.25) is 9.78 Å². The lowest BCUT2D eigenvalue weighted by atomic mass is 10.00. The van der Waals surface area contributed by atoms with Crippen LogP contribution in [0.25, 0.3) is 11.3 Å². The zero-order chi connectivity index (χ0) is 22.0. The molecular weight excluding hydrogens is 407 g/mol. The van der Waals surface area contributed by atoms with E-state index in [4.69, 9.17) is 5.73 Å². The summed E-state index contributed by atoms with van der Waals surface area (Å²) in [5.41, 5.74) is 8.68. The van der Waals surface area contributed by atoms with E-state index in [1.54, 1.807) is 12.3 Å². The molecule has 0 spiro atoms. The number of hydrogen-bond donors (Lipinski definition) is 3. The van der Waals surface area contributed by atoms with Crippen LogP contribution in [0.5, 0.6) is 0 Å². The smallest absolute Gasteiger partial charge is 0.367 e. The zero-order valence-electron chi connectivity index (χ0n) is 16.4. The van der Waals surface area contributed by atoms with E-state index in [2.05, 4.69) is 20.6 Å². The summed E-state index contributed by atoms with van der Waals surface area (Å²) in [4.78, 5) is 20.2. The van der Waals surface area contributed by atoms with Crippen LogP contribution in [0.1, 0.15) is 16.7 Å². The number of benzene rings is 2. The lowest BCUT2D eigenvalue weighted by Gasteiger charge is -2.17. The highest BCUT2D eigenvalue weighted by Gasteiger charge is 2.33. The summed E-state index contributed by atoms with van der Waals surface area (Å²) >= 11 is 0. The quantitative estimate of drug-likeness (QED) is 0.559. The molecule has 0 aliphatic carbocycles. The van der Waals surface area contributed by atoms with Gasteiger partial charge in [-0.1, -0.05) is 24.3 Å². The van der Waals surface area contributed by atoms with Gasteiger partial charge in [0.1, 0.15) is 5.82 Å². The molecule has 1 aromatic heterocycles. The maximum absolute atomic E-state index is 13.2. The lowest BCUT2D eigenvalue weighted by molar-refractivity contribution is -0.138. The fourth-order valence-corrected chi connectivity index (χ4v) is 3.54. The summed E-state index contributed by atoms with van der Waals surface area (Å²) in [5.74, 6) is 0.418. The molecule has 2 aromatic carbocycles. The van der Waals surface area contributed by atoms with Gasteiger partial charge in [-0.15, -0.1) is 0 Å². The van der Waals surface area contributed by atoms with Crippen LogP contribution in [0.2, 0.25) is 0 Å². The number of rotatable bonds is 6. The van der Waals surface area contributed by atoms with E-state index in [9.17, 15) is 18.0 Å². The Morgan fingerprint density at radius 1 is 1.16 bits per heavy atom. The summed E-state index contributed by atoms with van der Waals surface area (Å²) in [6.45, 7) is 0.229. The van der Waals surface area contributed by atoms with E-state index in [1.807, 2.05) is 18.2 Å². The van der Waals surface area contributed by atoms with Crippen LogP contribution in [-0.2, 0) is 23.8 Å². The number of aromatic nitrogens is 2. The first-order valence-electron chi connectivity index (χ1n) is 9.69. The third-order valence-electron chi connectivity index (χ3n) is 5.01. The van der Waals surface area contributed by atoms with Gasteiger partial charge in [-0.05, 0) is 35.7 Å². The summed E-state index contributed by atoms with van der Waals surface area (Å²) in [7, 11) is 0. The van der Waals surface area contributed by atoms with Crippen LogP contribution >= 0.6 is 0 Å². The first-order chi connectivity index (χ1) is 14.8. The van der Waals surface area contributed by atoms with Crippen molar-refractivity contribution in [1.82, 2.24) is 9.97 Å². The Morgan fingerprint density at radius 2 is 1.97 bits per heavy atom. The maximum atomic E-state index is 13.2. The minimum absolute atomic E-state index is 0.0465. The van der Waals surface area contributed by atoms with Crippen LogP contribution in [0.3, 0.4) is 0 Å². The number of alkyl halides is 3. The van der Waals surface area contributed by atoms with Crippen LogP contribution in [0, 0.1) is 0 Å². The molecule has 0 radical (unpaired) electrons. The van der Waals surface area contributed by atoms with Gasteiger partial charge < -0.3 is 16.4 Å². The van der Waals surface area contributed by atoms with Crippen LogP contribution in [-0.4, -0.2) is 28.5 Å². The molecule has 1 aliphatic rings. The van der Waals surface area contributed by atoms with Crippen molar-refractivity contribution < 1.29 is 18.0 Å². The monoisotopic (exact) mass is 427 g/mol. The molecule has 1 amide bonds. The van der Waals surface area contributed by atoms with Crippen molar-refractivity contribution in [2.75, 3.05) is 17.2 Å². The summed E-state index contributed by atoms with van der Waals surface area (Å²) in [6.07, 6.45) is -0.890. The van der Waals surface area contributed by atoms with Crippen molar-refractivity contribution in [2.24, 2.45) is 5.73 Å². The highest BCUT2D eigenvalue weighted by atomic mass is 19.4. The second kappa shape index (κ2) is 8.35. The van der Waals surface area contributed by atoms with Crippen molar-refractivity contribution in [1.29, 1.82) is 0 Å². The van der Waals surface area contributed by atoms with E-state index < -0.39 is 17.8 Å². The topological polar surface area (TPSA) is 92.9 Å².